The van der Waals surface area contributed by atoms with Gasteiger partial charge in [0, 0.05) is 19.2 Å². The summed E-state index contributed by atoms with van der Waals surface area (Å²) in [6.07, 6.45) is 1.90. The number of rotatable bonds is 5. The standard InChI is InChI=1S/C13H18N4O3S/c1-16(6-2-5-14)13-4-3-12(11-15-13)21(18,19)17-7-9-20-10-8-17/h3-4,11H,2,6-10H2,1H3/p+1. The lowest BCUT2D eigenvalue weighted by atomic mass is 10.4. The molecule has 1 fully saturated rings. The predicted molar refractivity (Wildman–Crippen MR) is 76.1 cm³/mol. The van der Waals surface area contributed by atoms with E-state index in [9.17, 15) is 8.42 Å². The van der Waals surface area contributed by atoms with Crippen molar-refractivity contribution in [2.75, 3.05) is 44.8 Å². The first-order chi connectivity index (χ1) is 10.1. The number of ether oxygens (including phenoxy) is 1. The van der Waals surface area contributed by atoms with E-state index in [1.807, 2.05) is 11.9 Å². The van der Waals surface area contributed by atoms with Crippen LogP contribution < -0.4 is 9.88 Å². The second kappa shape index (κ2) is 6.85. The molecule has 1 N–H and O–H groups in total. The van der Waals surface area contributed by atoms with Crippen LogP contribution in [0.15, 0.2) is 23.2 Å². The normalized spacial score (nSPS) is 16.4. The molecule has 1 aliphatic heterocycles. The molecule has 0 atom stereocenters. The minimum absolute atomic E-state index is 0.238. The number of H-pyrrole nitrogens is 1. The van der Waals surface area contributed by atoms with Crippen molar-refractivity contribution >= 4 is 15.8 Å². The van der Waals surface area contributed by atoms with Gasteiger partial charge in [-0.3, -0.25) is 4.90 Å². The molecule has 1 saturated heterocycles. The van der Waals surface area contributed by atoms with Crippen LogP contribution in [-0.4, -0.2) is 52.6 Å². The summed E-state index contributed by atoms with van der Waals surface area (Å²) >= 11 is 0. The molecule has 2 rings (SSSR count). The first-order valence-corrected chi connectivity index (χ1v) is 8.17. The van der Waals surface area contributed by atoms with Crippen molar-refractivity contribution in [1.82, 2.24) is 4.31 Å². The molecule has 2 heterocycles. The van der Waals surface area contributed by atoms with E-state index < -0.39 is 10.0 Å². The van der Waals surface area contributed by atoms with Gasteiger partial charge in [0.15, 0.2) is 0 Å². The van der Waals surface area contributed by atoms with Gasteiger partial charge in [-0.1, -0.05) is 0 Å². The second-order valence-corrected chi connectivity index (χ2v) is 6.69. The fourth-order valence-electron chi connectivity index (χ4n) is 2.07. The smallest absolute Gasteiger partial charge is 0.274 e. The highest BCUT2D eigenvalue weighted by atomic mass is 32.2. The zero-order valence-electron chi connectivity index (χ0n) is 11.9. The molecular weight excluding hydrogens is 292 g/mol. The number of pyridine rings is 1. The lowest BCUT2D eigenvalue weighted by Crippen LogP contribution is -2.41. The number of anilines is 1. The zero-order chi connectivity index (χ0) is 15.3. The minimum atomic E-state index is -3.47. The number of aromatic nitrogens is 1. The Hall–Kier alpha value is -1.69. The molecule has 114 valence electrons. The van der Waals surface area contributed by atoms with Crippen LogP contribution in [0, 0.1) is 11.3 Å². The Morgan fingerprint density at radius 3 is 2.71 bits per heavy atom. The van der Waals surface area contributed by atoms with Gasteiger partial charge in [-0.15, -0.1) is 0 Å². The molecule has 0 aromatic carbocycles. The Morgan fingerprint density at radius 2 is 2.14 bits per heavy atom. The van der Waals surface area contributed by atoms with Crippen LogP contribution in [0.4, 0.5) is 5.82 Å². The van der Waals surface area contributed by atoms with Crippen LogP contribution in [0.5, 0.6) is 0 Å². The number of nitrogens with zero attached hydrogens (tertiary/aromatic N) is 3. The summed E-state index contributed by atoms with van der Waals surface area (Å²) in [6.45, 7) is 2.21. The van der Waals surface area contributed by atoms with Crippen molar-refractivity contribution in [2.24, 2.45) is 0 Å². The highest BCUT2D eigenvalue weighted by Crippen LogP contribution is 2.16. The van der Waals surface area contributed by atoms with Gasteiger partial charge >= 0.3 is 0 Å². The first kappa shape index (κ1) is 15.7. The Bertz CT molecular complexity index is 603. The van der Waals surface area contributed by atoms with E-state index >= 15 is 0 Å². The van der Waals surface area contributed by atoms with Crippen LogP contribution in [0.3, 0.4) is 0 Å². The molecule has 0 spiro atoms. The topological polar surface area (TPSA) is 87.8 Å². The molecule has 0 radical (unpaired) electrons. The maximum absolute atomic E-state index is 12.4. The van der Waals surface area contributed by atoms with Crippen LogP contribution in [0.1, 0.15) is 6.42 Å². The van der Waals surface area contributed by atoms with Gasteiger partial charge in [0.1, 0.15) is 11.1 Å². The van der Waals surface area contributed by atoms with Crippen LogP contribution in [0.2, 0.25) is 0 Å². The summed E-state index contributed by atoms with van der Waals surface area (Å²) in [7, 11) is -1.62. The molecule has 0 unspecified atom stereocenters. The lowest BCUT2D eigenvalue weighted by Gasteiger charge is -2.25. The SMILES string of the molecule is CN(CCC#N)c1ccc(S(=O)(=O)N2CCOCC2)c[nH+]1. The van der Waals surface area contributed by atoms with Gasteiger partial charge in [-0.25, -0.2) is 13.4 Å². The summed E-state index contributed by atoms with van der Waals surface area (Å²) in [5.74, 6) is 0.770. The number of morpholine rings is 1. The third-order valence-electron chi connectivity index (χ3n) is 3.35. The number of nitrogens with one attached hydrogen (secondary N) is 1. The van der Waals surface area contributed by atoms with Gasteiger partial charge in [0.25, 0.3) is 5.82 Å². The Kier molecular flexibility index (Phi) is 5.12. The van der Waals surface area contributed by atoms with E-state index in [0.717, 1.165) is 5.82 Å². The second-order valence-electron chi connectivity index (χ2n) is 4.76. The third kappa shape index (κ3) is 3.69. The lowest BCUT2D eigenvalue weighted by molar-refractivity contribution is -0.367. The monoisotopic (exact) mass is 311 g/mol. The molecule has 1 aromatic rings. The van der Waals surface area contributed by atoms with Gasteiger partial charge in [-0.2, -0.15) is 9.57 Å². The van der Waals surface area contributed by atoms with Crippen molar-refractivity contribution < 1.29 is 18.1 Å². The number of aromatic amines is 1. The summed E-state index contributed by atoms with van der Waals surface area (Å²) in [5.41, 5.74) is 0. The van der Waals surface area contributed by atoms with Crippen molar-refractivity contribution in [3.63, 3.8) is 0 Å². The Morgan fingerprint density at radius 1 is 1.43 bits per heavy atom. The summed E-state index contributed by atoms with van der Waals surface area (Å²) < 4.78 is 31.5. The molecule has 8 heteroatoms. The Labute approximate surface area is 124 Å². The van der Waals surface area contributed by atoms with Gasteiger partial charge < -0.3 is 4.74 Å². The number of sulfonamides is 1. The van der Waals surface area contributed by atoms with Crippen molar-refractivity contribution in [2.45, 2.75) is 11.3 Å². The largest absolute Gasteiger partial charge is 0.379 e. The van der Waals surface area contributed by atoms with Gasteiger partial charge in [0.2, 0.25) is 10.0 Å². The van der Waals surface area contributed by atoms with Gasteiger partial charge in [-0.05, 0) is 6.07 Å². The first-order valence-electron chi connectivity index (χ1n) is 6.73. The molecular formula is C13H19N4O3S+. The zero-order valence-corrected chi connectivity index (χ0v) is 12.8. The van der Waals surface area contributed by atoms with Crippen molar-refractivity contribution in [3.05, 3.63) is 18.3 Å². The summed E-state index contributed by atoms with van der Waals surface area (Å²) in [4.78, 5) is 5.08. The van der Waals surface area contributed by atoms with E-state index in [1.165, 1.54) is 10.5 Å². The molecule has 0 saturated carbocycles. The maximum Gasteiger partial charge on any atom is 0.274 e. The third-order valence-corrected chi connectivity index (χ3v) is 5.24. The summed E-state index contributed by atoms with van der Waals surface area (Å²) in [6, 6.07) is 5.37. The molecule has 0 aliphatic carbocycles. The van der Waals surface area contributed by atoms with E-state index in [-0.39, 0.29) is 4.90 Å². The van der Waals surface area contributed by atoms with Crippen LogP contribution in [-0.2, 0) is 14.8 Å². The molecule has 0 bridgehead atoms. The molecule has 21 heavy (non-hydrogen) atoms. The van der Waals surface area contributed by atoms with E-state index in [0.29, 0.717) is 39.3 Å². The molecule has 0 amide bonds. The average Bonchev–Trinajstić information content (AvgIpc) is 2.53. The molecule has 1 aromatic heterocycles. The summed E-state index contributed by atoms with van der Waals surface area (Å²) in [5, 5.41) is 8.58. The quantitative estimate of drug-likeness (QED) is 0.756. The average molecular weight is 311 g/mol. The van der Waals surface area contributed by atoms with E-state index in [4.69, 9.17) is 10.00 Å². The predicted octanol–water partition coefficient (Wildman–Crippen LogP) is -0.129. The van der Waals surface area contributed by atoms with E-state index in [2.05, 4.69) is 11.1 Å². The maximum atomic E-state index is 12.4. The fraction of sp³-hybridized carbons (Fsp3) is 0.538. The Balaban J connectivity index is 2.12. The number of nitriles is 1. The van der Waals surface area contributed by atoms with Crippen molar-refractivity contribution in [3.8, 4) is 6.07 Å². The van der Waals surface area contributed by atoms with Crippen LogP contribution in [0.25, 0.3) is 0 Å². The van der Waals surface area contributed by atoms with Gasteiger partial charge in [0.05, 0.1) is 39.3 Å². The molecule has 1 aliphatic rings. The highest BCUT2D eigenvalue weighted by molar-refractivity contribution is 7.89. The number of hydrogen-bond acceptors (Lipinski definition) is 5. The highest BCUT2D eigenvalue weighted by Gasteiger charge is 2.27. The fourth-order valence-corrected chi connectivity index (χ4v) is 3.45. The van der Waals surface area contributed by atoms with E-state index in [1.54, 1.807) is 12.1 Å². The molecule has 7 nitrogen and oxygen atoms in total. The number of hydrogen-bond donors (Lipinski definition) is 0. The van der Waals surface area contributed by atoms with Crippen molar-refractivity contribution in [1.29, 1.82) is 5.26 Å². The minimum Gasteiger partial charge on any atom is -0.379 e. The van der Waals surface area contributed by atoms with Crippen LogP contribution >= 0.6 is 0 Å².